The van der Waals surface area contributed by atoms with Crippen LogP contribution in [0.3, 0.4) is 0 Å². The average Bonchev–Trinajstić information content (AvgIpc) is 2.86. The van der Waals surface area contributed by atoms with E-state index in [1.807, 2.05) is 0 Å². The fourth-order valence-electron chi connectivity index (χ4n) is 4.88. The molecule has 9 heteroatoms. The Labute approximate surface area is 211 Å². The number of benzene rings is 2. The number of aryl methyl sites for hydroxylation is 1. The molecule has 0 aliphatic heterocycles. The summed E-state index contributed by atoms with van der Waals surface area (Å²) in [5.74, 6) is -3.73. The molecule has 0 amide bonds. The van der Waals surface area contributed by atoms with Crippen LogP contribution in [0.5, 0.6) is 11.5 Å². The van der Waals surface area contributed by atoms with Crippen LogP contribution in [0.25, 0.3) is 0 Å². The van der Waals surface area contributed by atoms with Crippen LogP contribution in [-0.2, 0) is 19.3 Å². The average molecular weight is 517 g/mol. The van der Waals surface area contributed by atoms with Crippen molar-refractivity contribution in [3.63, 3.8) is 0 Å². The van der Waals surface area contributed by atoms with Crippen molar-refractivity contribution in [2.24, 2.45) is 0 Å². The quantitative estimate of drug-likeness (QED) is 0.395. The number of phenolic OH excluding ortho intramolecular Hbond substituents is 2. The zero-order chi connectivity index (χ0) is 25.9. The molecule has 2 aromatic carbocycles. The number of hydrogen-bond acceptors (Lipinski definition) is 8. The van der Waals surface area contributed by atoms with E-state index in [1.54, 1.807) is 19.1 Å². The molecule has 8 nitrogen and oxygen atoms in total. The van der Waals surface area contributed by atoms with Gasteiger partial charge >= 0.3 is 11.9 Å². The van der Waals surface area contributed by atoms with Gasteiger partial charge in [0.15, 0.2) is 0 Å². The Morgan fingerprint density at radius 2 is 1.31 bits per heavy atom. The number of carbonyl (C=O) groups excluding carboxylic acids is 2. The lowest BCUT2D eigenvalue weighted by atomic mass is 9.97. The summed E-state index contributed by atoms with van der Waals surface area (Å²) in [7, 11) is -4.53. The summed E-state index contributed by atoms with van der Waals surface area (Å²) in [5, 5.41) is 21.9. The van der Waals surface area contributed by atoms with Gasteiger partial charge in [0.05, 0.1) is 4.90 Å². The molecule has 2 N–H and O–H groups in total. The van der Waals surface area contributed by atoms with Crippen molar-refractivity contribution in [1.82, 2.24) is 0 Å². The van der Waals surface area contributed by atoms with Crippen LogP contribution >= 0.6 is 0 Å². The van der Waals surface area contributed by atoms with Gasteiger partial charge in [0.25, 0.3) is 0 Å². The Hall–Kier alpha value is -3.07. The molecule has 0 aromatic heterocycles. The monoisotopic (exact) mass is 516 g/mol. The Morgan fingerprint density at radius 1 is 0.806 bits per heavy atom. The van der Waals surface area contributed by atoms with Gasteiger partial charge in [-0.25, -0.2) is 18.0 Å². The molecule has 0 heterocycles. The van der Waals surface area contributed by atoms with Gasteiger partial charge in [0, 0.05) is 0 Å². The molecular weight excluding hydrogens is 484 g/mol. The normalized spacial score (nSPS) is 17.5. The second-order valence-electron chi connectivity index (χ2n) is 9.64. The molecule has 0 atom stereocenters. The summed E-state index contributed by atoms with van der Waals surface area (Å²) in [6.07, 6.45) is 7.40. The van der Waals surface area contributed by atoms with E-state index < -0.39 is 55.4 Å². The van der Waals surface area contributed by atoms with Crippen LogP contribution in [0.2, 0.25) is 0 Å². The number of esters is 2. The van der Waals surface area contributed by atoms with Crippen molar-refractivity contribution in [2.75, 3.05) is 0 Å². The largest absolute Gasteiger partial charge is 0.507 e. The summed E-state index contributed by atoms with van der Waals surface area (Å²) in [6, 6.07) is 6.71. The summed E-state index contributed by atoms with van der Waals surface area (Å²) in [5.41, 5.74) is -0.395. The third kappa shape index (κ3) is 5.51. The van der Waals surface area contributed by atoms with Gasteiger partial charge in [-0.2, -0.15) is 0 Å². The summed E-state index contributed by atoms with van der Waals surface area (Å²) in [4.78, 5) is 25.0. The van der Waals surface area contributed by atoms with Crippen LogP contribution in [0, 0.1) is 6.92 Å². The van der Waals surface area contributed by atoms with Crippen molar-refractivity contribution in [1.29, 1.82) is 0 Å². The number of carbonyl (C=O) groups is 2. The molecule has 2 saturated carbocycles. The minimum Gasteiger partial charge on any atom is -0.507 e. The van der Waals surface area contributed by atoms with Crippen molar-refractivity contribution >= 4 is 21.8 Å². The van der Waals surface area contributed by atoms with Crippen LogP contribution < -0.4 is 0 Å². The smallest absolute Gasteiger partial charge is 0.343 e. The number of hydrogen-bond donors (Lipinski definition) is 2. The van der Waals surface area contributed by atoms with E-state index in [4.69, 9.17) is 9.47 Å². The molecule has 2 aliphatic rings. The van der Waals surface area contributed by atoms with Crippen molar-refractivity contribution in [3.8, 4) is 11.5 Å². The first-order chi connectivity index (χ1) is 17.2. The highest BCUT2D eigenvalue weighted by atomic mass is 32.2. The third-order valence-electron chi connectivity index (χ3n) is 6.91. The van der Waals surface area contributed by atoms with Crippen molar-refractivity contribution in [3.05, 3.63) is 47.0 Å². The lowest BCUT2D eigenvalue weighted by Crippen LogP contribution is -2.24. The maximum Gasteiger partial charge on any atom is 0.343 e. The molecule has 0 radical (unpaired) electrons. The zero-order valence-electron chi connectivity index (χ0n) is 20.4. The minimum absolute atomic E-state index is 0.202. The second-order valence-corrected chi connectivity index (χ2v) is 11.5. The molecule has 2 aromatic rings. The van der Waals surface area contributed by atoms with Gasteiger partial charge in [-0.3, -0.25) is 0 Å². The van der Waals surface area contributed by atoms with Gasteiger partial charge < -0.3 is 19.7 Å². The number of phenols is 2. The van der Waals surface area contributed by atoms with E-state index in [1.165, 1.54) is 12.1 Å². The molecule has 0 unspecified atom stereocenters. The van der Waals surface area contributed by atoms with Crippen LogP contribution in [0.4, 0.5) is 0 Å². The highest BCUT2D eigenvalue weighted by Crippen LogP contribution is 2.41. The lowest BCUT2D eigenvalue weighted by Gasteiger charge is -2.24. The Bertz CT molecular complexity index is 1220. The molecule has 36 heavy (non-hydrogen) atoms. The minimum atomic E-state index is -4.53. The van der Waals surface area contributed by atoms with E-state index in [0.717, 1.165) is 50.2 Å². The van der Waals surface area contributed by atoms with Gasteiger partial charge in [0.1, 0.15) is 39.7 Å². The predicted molar refractivity (Wildman–Crippen MR) is 131 cm³/mol. The van der Waals surface area contributed by atoms with Gasteiger partial charge in [-0.15, -0.1) is 0 Å². The van der Waals surface area contributed by atoms with Gasteiger partial charge in [-0.05, 0) is 76.5 Å². The molecule has 0 spiro atoms. The topological polar surface area (TPSA) is 127 Å². The maximum absolute atomic E-state index is 13.7. The summed E-state index contributed by atoms with van der Waals surface area (Å²) >= 11 is 0. The number of ether oxygens (including phenoxy) is 2. The Balaban J connectivity index is 1.79. The number of aromatic hydroxyl groups is 2. The Kier molecular flexibility index (Phi) is 7.88. The third-order valence-corrected chi connectivity index (χ3v) is 8.74. The van der Waals surface area contributed by atoms with Gasteiger partial charge in [0.2, 0.25) is 9.84 Å². The number of sulfone groups is 1. The van der Waals surface area contributed by atoms with Gasteiger partial charge in [-0.1, -0.05) is 30.5 Å². The Morgan fingerprint density at radius 3 is 1.83 bits per heavy atom. The van der Waals surface area contributed by atoms with E-state index >= 15 is 0 Å². The van der Waals surface area contributed by atoms with Crippen LogP contribution in [-0.4, -0.2) is 42.8 Å². The molecule has 0 saturated heterocycles. The summed E-state index contributed by atoms with van der Waals surface area (Å²) < 4.78 is 38.4. The van der Waals surface area contributed by atoms with E-state index in [9.17, 15) is 28.2 Å². The fourth-order valence-corrected chi connectivity index (χ4v) is 6.43. The standard InChI is InChI=1S/C27H32O8S/c1-17-12-14-20(15-13-17)36(32,33)25-23(27(31)35-19-10-6-3-7-11-19)22(28)16-21(24(25)29)26(30)34-18-8-4-2-5-9-18/h12-16,18-19,28-29H,2-11H2,1H3. The highest BCUT2D eigenvalue weighted by molar-refractivity contribution is 7.91. The number of rotatable bonds is 6. The first-order valence-electron chi connectivity index (χ1n) is 12.5. The van der Waals surface area contributed by atoms with Crippen molar-refractivity contribution < 1.29 is 37.7 Å². The zero-order valence-corrected chi connectivity index (χ0v) is 21.2. The van der Waals surface area contributed by atoms with E-state index in [2.05, 4.69) is 0 Å². The van der Waals surface area contributed by atoms with Crippen molar-refractivity contribution in [2.45, 2.75) is 93.1 Å². The van der Waals surface area contributed by atoms with E-state index in [-0.39, 0.29) is 11.0 Å². The second kappa shape index (κ2) is 10.9. The summed E-state index contributed by atoms with van der Waals surface area (Å²) in [6.45, 7) is 1.79. The van der Waals surface area contributed by atoms with E-state index in [0.29, 0.717) is 25.7 Å². The molecule has 2 fully saturated rings. The fraction of sp³-hybridized carbons (Fsp3) is 0.481. The van der Waals surface area contributed by atoms with Crippen LogP contribution in [0.15, 0.2) is 40.1 Å². The maximum atomic E-state index is 13.7. The first kappa shape index (κ1) is 26.0. The van der Waals surface area contributed by atoms with Crippen LogP contribution in [0.1, 0.15) is 90.5 Å². The highest BCUT2D eigenvalue weighted by Gasteiger charge is 2.37. The first-order valence-corrected chi connectivity index (χ1v) is 14.0. The molecule has 2 aliphatic carbocycles. The molecular formula is C27H32O8S. The molecule has 4 rings (SSSR count). The lowest BCUT2D eigenvalue weighted by molar-refractivity contribution is 0.0186. The molecule has 194 valence electrons. The molecule has 0 bridgehead atoms. The SMILES string of the molecule is Cc1ccc(S(=O)(=O)c2c(O)c(C(=O)OC3CCCCC3)cc(O)c2C(=O)OC2CCCCC2)cc1. The predicted octanol–water partition coefficient (Wildman–Crippen LogP) is 5.22.